The van der Waals surface area contributed by atoms with Crippen molar-refractivity contribution in [1.29, 1.82) is 0 Å². The number of nitrogen functional groups attached to an aromatic ring is 3. The predicted octanol–water partition coefficient (Wildman–Crippen LogP) is 2.60. The highest BCUT2D eigenvalue weighted by Crippen LogP contribution is 2.26. The van der Waals surface area contributed by atoms with Crippen LogP contribution in [-0.2, 0) is 28.7 Å². The third kappa shape index (κ3) is 24.9. The van der Waals surface area contributed by atoms with Gasteiger partial charge in [-0.2, -0.15) is 0 Å². The van der Waals surface area contributed by atoms with Gasteiger partial charge in [-0.3, -0.25) is 19.2 Å². The van der Waals surface area contributed by atoms with Crippen molar-refractivity contribution in [3.63, 3.8) is 0 Å². The van der Waals surface area contributed by atoms with Gasteiger partial charge in [-0.15, -0.1) is 0 Å². The fourth-order valence-electron chi connectivity index (χ4n) is 3.37. The molecule has 1 amide bonds. The molecular weight excluding hydrogens is 639 g/mol. The molecule has 0 heterocycles. The molecule has 19 heteroatoms. The lowest BCUT2D eigenvalue weighted by atomic mass is 8.68. The van der Waals surface area contributed by atoms with E-state index in [1.807, 2.05) is 6.07 Å². The Morgan fingerprint density at radius 3 is 1.27 bits per heavy atom. The van der Waals surface area contributed by atoms with Crippen molar-refractivity contribution >= 4 is 104 Å². The molecule has 2 rings (SSSR count). The summed E-state index contributed by atoms with van der Waals surface area (Å²) >= 11 is 0. The summed E-state index contributed by atoms with van der Waals surface area (Å²) in [7, 11) is 25.8. The summed E-state index contributed by atoms with van der Waals surface area (Å²) < 4.78 is 10.3. The molecule has 10 radical (unpaired) electrons. The van der Waals surface area contributed by atoms with Crippen LogP contribution in [-0.4, -0.2) is 98.0 Å². The zero-order valence-corrected chi connectivity index (χ0v) is 31.8. The van der Waals surface area contributed by atoms with E-state index < -0.39 is 59.1 Å². The number of carbonyl (C=O) groups excluding carboxylic acids is 3. The van der Waals surface area contributed by atoms with Crippen LogP contribution < -0.4 is 22.5 Å². The number of nitrogens with two attached hydrogens (primary N) is 3. The van der Waals surface area contributed by atoms with Crippen molar-refractivity contribution < 1.29 is 33.8 Å². The van der Waals surface area contributed by atoms with E-state index in [9.17, 15) is 19.2 Å². The SMILES string of the molecule is CC(C)(C)OC(=O)CC(C)(C)C(=O)Nc1cccc(N)c1.CC(C)(C)OC(=O)CC(C)(C)C(=O)O.Nc1cccc(N)c1.[B]B([B])B([B])B([B])[B]. The van der Waals surface area contributed by atoms with Crippen LogP contribution in [0.25, 0.3) is 0 Å². The molecule has 0 aromatic heterocycles. The van der Waals surface area contributed by atoms with Gasteiger partial charge in [0.1, 0.15) is 11.2 Å². The maximum atomic E-state index is 12.3. The van der Waals surface area contributed by atoms with Gasteiger partial charge in [0.25, 0.3) is 0 Å². The molecule has 2 aromatic carbocycles. The molecule has 0 spiro atoms. The molecule has 0 bridgehead atoms. The minimum absolute atomic E-state index is 0.0123. The third-order valence-corrected chi connectivity index (χ3v) is 6.15. The van der Waals surface area contributed by atoms with Gasteiger partial charge < -0.3 is 37.1 Å². The van der Waals surface area contributed by atoms with Crippen molar-refractivity contribution in [3.05, 3.63) is 48.5 Å². The first kappa shape index (κ1) is 49.4. The van der Waals surface area contributed by atoms with E-state index >= 15 is 0 Å². The zero-order chi connectivity index (χ0) is 40.5. The first-order valence-electron chi connectivity index (χ1n) is 16.1. The summed E-state index contributed by atoms with van der Waals surface area (Å²) in [5, 5.41) is 11.5. The number of amides is 1. The Morgan fingerprint density at radius 2 is 1.00 bits per heavy atom. The van der Waals surface area contributed by atoms with E-state index in [1.54, 1.807) is 97.9 Å². The molecule has 0 unspecified atom stereocenters. The number of hydrogen-bond acceptors (Lipinski definition) is 9. The van der Waals surface area contributed by atoms with Crippen molar-refractivity contribution in [2.45, 2.75) is 93.3 Å². The number of rotatable bonds is 9. The van der Waals surface area contributed by atoms with Gasteiger partial charge in [0, 0.05) is 80.6 Å². The molecule has 8 N–H and O–H groups in total. The Hall–Kier alpha value is -3.76. The molecule has 0 aliphatic carbocycles. The molecule has 0 aliphatic rings. The van der Waals surface area contributed by atoms with Crippen LogP contribution in [0.1, 0.15) is 82.1 Å². The normalized spacial score (nSPS) is 10.9. The van der Waals surface area contributed by atoms with Gasteiger partial charge in [0.15, 0.2) is 0 Å². The van der Waals surface area contributed by atoms with Crippen LogP contribution in [0.2, 0.25) is 0 Å². The lowest BCUT2D eigenvalue weighted by Gasteiger charge is -2.26. The number of carboxylic acid groups (broad SMARTS) is 1. The van der Waals surface area contributed by atoms with Gasteiger partial charge >= 0.3 is 17.9 Å². The minimum Gasteiger partial charge on any atom is -0.481 e. The molecule has 2 aromatic rings. The third-order valence-electron chi connectivity index (χ3n) is 6.15. The topological polar surface area (TPSA) is 197 Å². The number of nitrogens with one attached hydrogen (secondary N) is 1. The number of esters is 2. The molecule has 0 saturated carbocycles. The fraction of sp³-hybridized carbons (Fsp3) is 0.500. The Labute approximate surface area is 312 Å². The Morgan fingerprint density at radius 1 is 0.647 bits per heavy atom. The molecule has 0 saturated heterocycles. The number of anilines is 4. The van der Waals surface area contributed by atoms with E-state index in [1.165, 1.54) is 13.8 Å². The van der Waals surface area contributed by atoms with E-state index in [0.717, 1.165) is 0 Å². The average Bonchev–Trinajstić information content (AvgIpc) is 2.90. The first-order chi connectivity index (χ1) is 22.9. The molecule has 0 aliphatic heterocycles. The lowest BCUT2D eigenvalue weighted by Crippen LogP contribution is -2.52. The Kier molecular flexibility index (Phi) is 20.9. The molecule has 264 valence electrons. The van der Waals surface area contributed by atoms with Gasteiger partial charge in [0.2, 0.25) is 5.91 Å². The van der Waals surface area contributed by atoms with Gasteiger partial charge in [-0.05, 0) is 91.8 Å². The van der Waals surface area contributed by atoms with Gasteiger partial charge in [-0.25, -0.2) is 0 Å². The maximum absolute atomic E-state index is 12.3. The largest absolute Gasteiger partial charge is 0.481 e. The summed E-state index contributed by atoms with van der Waals surface area (Å²) in [5.74, 6) is -2.12. The van der Waals surface area contributed by atoms with Crippen molar-refractivity contribution in [1.82, 2.24) is 0 Å². The number of ether oxygens (including phenoxy) is 2. The predicted molar refractivity (Wildman–Crippen MR) is 217 cm³/mol. The minimum atomic E-state index is -1.07. The summed E-state index contributed by atoms with van der Waals surface area (Å²) in [6, 6.07) is 14.1. The summed E-state index contributed by atoms with van der Waals surface area (Å²) in [5.41, 5.74) is 16.0. The number of carboxylic acids is 1. The molecule has 11 nitrogen and oxygen atoms in total. The summed E-state index contributed by atoms with van der Waals surface area (Å²) in [6.07, 6.45) is -1.88. The number of benzene rings is 2. The quantitative estimate of drug-likeness (QED) is 0.148. The Balaban J connectivity index is 0. The van der Waals surface area contributed by atoms with Crippen LogP contribution in [0.4, 0.5) is 22.7 Å². The smallest absolute Gasteiger partial charge is 0.309 e. The fourth-order valence-corrected chi connectivity index (χ4v) is 3.37. The van der Waals surface area contributed by atoms with E-state index in [4.69, 9.17) is 70.5 Å². The highest BCUT2D eigenvalue weighted by atomic mass is 16.6. The highest BCUT2D eigenvalue weighted by Gasteiger charge is 2.33. The van der Waals surface area contributed by atoms with Gasteiger partial charge in [-0.1, -0.05) is 26.0 Å². The van der Waals surface area contributed by atoms with E-state index in [0.29, 0.717) is 22.7 Å². The summed E-state index contributed by atoms with van der Waals surface area (Å²) in [4.78, 5) is 46.2. The maximum Gasteiger partial charge on any atom is 0.309 e. The monoisotopic (exact) mass is 690 g/mol. The van der Waals surface area contributed by atoms with Crippen molar-refractivity contribution in [2.75, 3.05) is 22.5 Å². The van der Waals surface area contributed by atoms with Crippen LogP contribution in [0.15, 0.2) is 48.5 Å². The van der Waals surface area contributed by atoms with Crippen LogP contribution in [0.5, 0.6) is 0 Å². The van der Waals surface area contributed by atoms with E-state index in [2.05, 4.69) is 5.32 Å². The second kappa shape index (κ2) is 21.6. The first-order valence-corrected chi connectivity index (χ1v) is 16.1. The Bertz CT molecular complexity index is 1390. The van der Waals surface area contributed by atoms with Crippen LogP contribution in [0.3, 0.4) is 0 Å². The molecule has 51 heavy (non-hydrogen) atoms. The number of aliphatic carboxylic acids is 1. The molecule has 0 atom stereocenters. The van der Waals surface area contributed by atoms with Gasteiger partial charge in [0.05, 0.1) is 23.7 Å². The second-order valence-electron chi connectivity index (χ2n) is 15.1. The summed E-state index contributed by atoms with van der Waals surface area (Å²) in [6.45, 7) is 17.0. The molecular formula is C32H50B8N4O7. The number of hydrogen-bond donors (Lipinski definition) is 5. The lowest BCUT2D eigenvalue weighted by molar-refractivity contribution is -0.163. The van der Waals surface area contributed by atoms with Crippen molar-refractivity contribution in [3.8, 4) is 0 Å². The average molecular weight is 689 g/mol. The van der Waals surface area contributed by atoms with Crippen LogP contribution in [0, 0.1) is 10.8 Å². The highest BCUT2D eigenvalue weighted by molar-refractivity contribution is 7.89. The van der Waals surface area contributed by atoms with Crippen LogP contribution >= 0.6 is 0 Å². The standard InChI is InChI=1S/C16H24N2O3.C10H18O4.C6H8N2.B8/c1-15(2,3)21-13(19)10-16(4,5)14(20)18-12-8-6-7-11(17)9-12;1-9(2,3)14-7(11)6-10(4,5)8(12)13;7-5-2-1-3-6(8)4-5;1-6(2)8(5)7(3)4/h6-9H,10,17H2,1-5H3,(H,18,20);6H2,1-5H3,(H,12,13);1-4H,7-8H2;. The number of carbonyl (C=O) groups is 4. The molecule has 0 fully saturated rings. The second-order valence-corrected chi connectivity index (χ2v) is 15.1. The van der Waals surface area contributed by atoms with Crippen molar-refractivity contribution in [2.24, 2.45) is 10.8 Å². The van der Waals surface area contributed by atoms with E-state index in [-0.39, 0.29) is 18.7 Å². The zero-order valence-electron chi connectivity index (χ0n) is 31.8.